The largest absolute Gasteiger partial charge is 0.462 e. The Hall–Kier alpha value is -2.01. The van der Waals surface area contributed by atoms with Crippen LogP contribution in [0.25, 0.3) is 5.69 Å². The summed E-state index contributed by atoms with van der Waals surface area (Å²) in [6.07, 6.45) is 0. The quantitative estimate of drug-likeness (QED) is 0.883. The number of hydrogen-bond acceptors (Lipinski definition) is 4. The molecule has 0 bridgehead atoms. The molecule has 0 unspecified atom stereocenters. The first-order valence-electron chi connectivity index (χ1n) is 6.24. The summed E-state index contributed by atoms with van der Waals surface area (Å²) in [4.78, 5) is 11.8. The number of carbonyl (C=O) groups excluding carboxylic acids is 1. The third kappa shape index (κ3) is 2.49. The minimum Gasteiger partial charge on any atom is -0.462 e. The normalized spacial score (nSPS) is 10.6. The van der Waals surface area contributed by atoms with Crippen molar-refractivity contribution in [3.8, 4) is 5.69 Å². The van der Waals surface area contributed by atoms with Gasteiger partial charge in [0, 0.05) is 0 Å². The summed E-state index contributed by atoms with van der Waals surface area (Å²) in [6, 6.07) is 5.08. The van der Waals surface area contributed by atoms with Crippen LogP contribution in [0.1, 0.15) is 28.7 Å². The third-order valence-corrected chi connectivity index (χ3v) is 3.37. The molecular formula is C14H16ClN3O2. The van der Waals surface area contributed by atoms with Gasteiger partial charge < -0.3 is 10.5 Å². The molecule has 6 heteroatoms. The van der Waals surface area contributed by atoms with Crippen molar-refractivity contribution in [2.75, 3.05) is 12.3 Å². The molecule has 1 heterocycles. The monoisotopic (exact) mass is 293 g/mol. The number of hydrogen-bond donors (Lipinski definition) is 1. The second-order valence-corrected chi connectivity index (χ2v) is 4.79. The number of nitrogen functional groups attached to an aromatic ring is 1. The SMILES string of the molecule is CCOC(=O)c1cc(-n2nc(C)c(N)c2C)ccc1Cl. The standard InChI is InChI=1S/C14H16ClN3O2/c1-4-20-14(19)11-7-10(5-6-12(11)15)18-9(3)13(16)8(2)17-18/h5-7H,4,16H2,1-3H3. The van der Waals surface area contributed by atoms with Crippen molar-refractivity contribution in [1.29, 1.82) is 0 Å². The van der Waals surface area contributed by atoms with Gasteiger partial charge in [0.05, 0.1) is 40.0 Å². The zero-order valence-electron chi connectivity index (χ0n) is 11.6. The van der Waals surface area contributed by atoms with E-state index in [-0.39, 0.29) is 0 Å². The van der Waals surface area contributed by atoms with Crippen LogP contribution >= 0.6 is 11.6 Å². The highest BCUT2D eigenvalue weighted by Gasteiger charge is 2.15. The fourth-order valence-electron chi connectivity index (χ4n) is 1.92. The number of aryl methyl sites for hydroxylation is 1. The molecule has 20 heavy (non-hydrogen) atoms. The minimum absolute atomic E-state index is 0.298. The lowest BCUT2D eigenvalue weighted by Gasteiger charge is -2.08. The van der Waals surface area contributed by atoms with Crippen LogP contribution in [0, 0.1) is 13.8 Å². The number of halogens is 1. The molecule has 2 N–H and O–H groups in total. The first-order chi connectivity index (χ1) is 9.45. The van der Waals surface area contributed by atoms with E-state index in [1.165, 1.54) is 0 Å². The van der Waals surface area contributed by atoms with Gasteiger partial charge in [-0.1, -0.05) is 11.6 Å². The van der Waals surface area contributed by atoms with E-state index in [4.69, 9.17) is 22.1 Å². The topological polar surface area (TPSA) is 70.1 Å². The van der Waals surface area contributed by atoms with Gasteiger partial charge in [0.25, 0.3) is 0 Å². The van der Waals surface area contributed by atoms with Gasteiger partial charge in [-0.15, -0.1) is 0 Å². The Morgan fingerprint density at radius 2 is 2.15 bits per heavy atom. The van der Waals surface area contributed by atoms with Crippen molar-refractivity contribution in [2.24, 2.45) is 0 Å². The summed E-state index contributed by atoms with van der Waals surface area (Å²) in [5.41, 5.74) is 9.15. The number of anilines is 1. The Kier molecular flexibility index (Phi) is 3.99. The average Bonchev–Trinajstić information content (AvgIpc) is 2.67. The van der Waals surface area contributed by atoms with Crippen LogP contribution in [0.3, 0.4) is 0 Å². The summed E-state index contributed by atoms with van der Waals surface area (Å²) in [5, 5.41) is 4.70. The molecule has 0 atom stereocenters. The number of rotatable bonds is 3. The number of nitrogens with zero attached hydrogens (tertiary/aromatic N) is 2. The van der Waals surface area contributed by atoms with E-state index >= 15 is 0 Å². The maximum atomic E-state index is 11.8. The van der Waals surface area contributed by atoms with Crippen LogP contribution in [0.2, 0.25) is 5.02 Å². The molecule has 0 aliphatic rings. The Morgan fingerprint density at radius 3 is 2.70 bits per heavy atom. The summed E-state index contributed by atoms with van der Waals surface area (Å²) in [6.45, 7) is 5.75. The highest BCUT2D eigenvalue weighted by Crippen LogP contribution is 2.24. The summed E-state index contributed by atoms with van der Waals surface area (Å²) >= 11 is 6.04. The number of carbonyl (C=O) groups is 1. The number of benzene rings is 1. The Labute approximate surface area is 122 Å². The molecule has 0 fully saturated rings. The van der Waals surface area contributed by atoms with E-state index in [1.54, 1.807) is 29.8 Å². The van der Waals surface area contributed by atoms with E-state index in [9.17, 15) is 4.79 Å². The Morgan fingerprint density at radius 1 is 1.45 bits per heavy atom. The molecule has 2 rings (SSSR count). The number of aromatic nitrogens is 2. The van der Waals surface area contributed by atoms with Crippen molar-refractivity contribution in [3.63, 3.8) is 0 Å². The maximum Gasteiger partial charge on any atom is 0.339 e. The third-order valence-electron chi connectivity index (χ3n) is 3.04. The zero-order chi connectivity index (χ0) is 14.9. The minimum atomic E-state index is -0.450. The second kappa shape index (κ2) is 5.54. The van der Waals surface area contributed by atoms with Crippen LogP contribution in [0.15, 0.2) is 18.2 Å². The van der Waals surface area contributed by atoms with Crippen LogP contribution in [-0.4, -0.2) is 22.4 Å². The molecule has 0 amide bonds. The van der Waals surface area contributed by atoms with Crippen molar-refractivity contribution in [2.45, 2.75) is 20.8 Å². The molecule has 0 saturated carbocycles. The van der Waals surface area contributed by atoms with Gasteiger partial charge >= 0.3 is 5.97 Å². The lowest BCUT2D eigenvalue weighted by molar-refractivity contribution is 0.0526. The number of nitrogens with two attached hydrogens (primary N) is 1. The summed E-state index contributed by atoms with van der Waals surface area (Å²) in [7, 11) is 0. The van der Waals surface area contributed by atoms with Gasteiger partial charge in [-0.25, -0.2) is 9.48 Å². The van der Waals surface area contributed by atoms with Gasteiger partial charge in [-0.2, -0.15) is 5.10 Å². The van der Waals surface area contributed by atoms with Gasteiger partial charge in [0.2, 0.25) is 0 Å². The van der Waals surface area contributed by atoms with E-state index in [2.05, 4.69) is 5.10 Å². The van der Waals surface area contributed by atoms with Crippen molar-refractivity contribution in [3.05, 3.63) is 40.2 Å². The number of ether oxygens (including phenoxy) is 1. The van der Waals surface area contributed by atoms with Gasteiger partial charge in [-0.05, 0) is 39.0 Å². The smallest absolute Gasteiger partial charge is 0.339 e. The Balaban J connectivity index is 2.51. The number of esters is 1. The molecule has 0 saturated heterocycles. The molecule has 0 spiro atoms. The molecule has 5 nitrogen and oxygen atoms in total. The van der Waals surface area contributed by atoms with Crippen LogP contribution in [0.4, 0.5) is 5.69 Å². The molecular weight excluding hydrogens is 278 g/mol. The first kappa shape index (κ1) is 14.4. The van der Waals surface area contributed by atoms with Crippen molar-refractivity contribution < 1.29 is 9.53 Å². The maximum absolute atomic E-state index is 11.8. The molecule has 0 aliphatic carbocycles. The zero-order valence-corrected chi connectivity index (χ0v) is 12.4. The van der Waals surface area contributed by atoms with E-state index < -0.39 is 5.97 Å². The van der Waals surface area contributed by atoms with Crippen LogP contribution < -0.4 is 5.73 Å². The molecule has 1 aromatic heterocycles. The first-order valence-corrected chi connectivity index (χ1v) is 6.62. The molecule has 0 radical (unpaired) electrons. The molecule has 1 aromatic carbocycles. The van der Waals surface area contributed by atoms with Crippen LogP contribution in [0.5, 0.6) is 0 Å². The molecule has 0 aliphatic heterocycles. The van der Waals surface area contributed by atoms with E-state index in [1.807, 2.05) is 13.8 Å². The average molecular weight is 294 g/mol. The Bertz CT molecular complexity index is 665. The predicted molar refractivity (Wildman–Crippen MR) is 78.4 cm³/mol. The summed E-state index contributed by atoms with van der Waals surface area (Å²) in [5.74, 6) is -0.450. The van der Waals surface area contributed by atoms with Crippen molar-refractivity contribution >= 4 is 23.3 Å². The molecule has 2 aromatic rings. The van der Waals surface area contributed by atoms with Crippen LogP contribution in [-0.2, 0) is 4.74 Å². The molecule has 106 valence electrons. The lowest BCUT2D eigenvalue weighted by Crippen LogP contribution is -2.07. The van der Waals surface area contributed by atoms with Gasteiger partial charge in [-0.3, -0.25) is 0 Å². The fourth-order valence-corrected chi connectivity index (χ4v) is 2.11. The van der Waals surface area contributed by atoms with Crippen molar-refractivity contribution in [1.82, 2.24) is 9.78 Å². The summed E-state index contributed by atoms with van der Waals surface area (Å²) < 4.78 is 6.67. The van der Waals surface area contributed by atoms with Gasteiger partial charge in [0.1, 0.15) is 0 Å². The van der Waals surface area contributed by atoms with E-state index in [0.29, 0.717) is 22.9 Å². The fraction of sp³-hybridized carbons (Fsp3) is 0.286. The van der Waals surface area contributed by atoms with E-state index in [0.717, 1.165) is 17.1 Å². The predicted octanol–water partition coefficient (Wildman–Crippen LogP) is 2.90. The highest BCUT2D eigenvalue weighted by atomic mass is 35.5. The highest BCUT2D eigenvalue weighted by molar-refractivity contribution is 6.33. The second-order valence-electron chi connectivity index (χ2n) is 4.38. The lowest BCUT2D eigenvalue weighted by atomic mass is 10.2. The van der Waals surface area contributed by atoms with Gasteiger partial charge in [0.15, 0.2) is 0 Å².